The zero-order valence-electron chi connectivity index (χ0n) is 11.9. The highest BCUT2D eigenvalue weighted by Crippen LogP contribution is 2.16. The molecule has 0 aliphatic carbocycles. The average Bonchev–Trinajstić information content (AvgIpc) is 2.97. The van der Waals surface area contributed by atoms with Crippen LogP contribution in [0.3, 0.4) is 0 Å². The minimum Gasteiger partial charge on any atom is -0.480 e. The largest absolute Gasteiger partial charge is 0.480 e. The quantitative estimate of drug-likeness (QED) is 0.890. The number of benzene rings is 1. The molecule has 110 valence electrons. The molecule has 0 fully saturated rings. The van der Waals surface area contributed by atoms with Crippen molar-refractivity contribution in [2.75, 3.05) is 13.1 Å². The summed E-state index contributed by atoms with van der Waals surface area (Å²) in [6.45, 7) is 3.65. The summed E-state index contributed by atoms with van der Waals surface area (Å²) in [6.07, 6.45) is 3.01. The summed E-state index contributed by atoms with van der Waals surface area (Å²) in [5.41, 5.74) is 2.14. The zero-order valence-corrected chi connectivity index (χ0v) is 11.9. The van der Waals surface area contributed by atoms with Gasteiger partial charge in [-0.2, -0.15) is 5.10 Å². The third kappa shape index (κ3) is 3.25. The second kappa shape index (κ2) is 6.17. The standard InChI is InChI=1S/C14H16N4O3/c1-3-17(7-13(19)20)14(21)11-4-5-12(10(2)6-11)18-9-15-8-16-18/h4-6,8-9H,3,7H2,1-2H3,(H,19,20). The van der Waals surface area contributed by atoms with E-state index in [0.29, 0.717) is 12.1 Å². The summed E-state index contributed by atoms with van der Waals surface area (Å²) >= 11 is 0. The molecule has 1 N–H and O–H groups in total. The van der Waals surface area contributed by atoms with Crippen LogP contribution in [0.5, 0.6) is 0 Å². The van der Waals surface area contributed by atoms with Crippen LogP contribution in [0.2, 0.25) is 0 Å². The van der Waals surface area contributed by atoms with Crippen LogP contribution in [0, 0.1) is 6.92 Å². The number of hydrogen-bond donors (Lipinski definition) is 1. The van der Waals surface area contributed by atoms with Gasteiger partial charge in [0, 0.05) is 12.1 Å². The lowest BCUT2D eigenvalue weighted by Crippen LogP contribution is -2.35. The summed E-state index contributed by atoms with van der Waals surface area (Å²) in [5, 5.41) is 12.9. The first-order valence-corrected chi connectivity index (χ1v) is 6.49. The first-order valence-electron chi connectivity index (χ1n) is 6.49. The molecular weight excluding hydrogens is 272 g/mol. The molecule has 1 amide bonds. The molecule has 2 rings (SSSR count). The van der Waals surface area contributed by atoms with Crippen LogP contribution >= 0.6 is 0 Å². The van der Waals surface area contributed by atoms with Crippen molar-refractivity contribution in [1.29, 1.82) is 0 Å². The maximum Gasteiger partial charge on any atom is 0.323 e. The molecule has 0 saturated heterocycles. The fraction of sp³-hybridized carbons (Fsp3) is 0.286. The van der Waals surface area contributed by atoms with Crippen LogP contribution in [0.15, 0.2) is 30.9 Å². The second-order valence-electron chi connectivity index (χ2n) is 4.55. The molecule has 21 heavy (non-hydrogen) atoms. The van der Waals surface area contributed by atoms with E-state index in [1.807, 2.05) is 6.92 Å². The molecule has 0 radical (unpaired) electrons. The van der Waals surface area contributed by atoms with Crippen molar-refractivity contribution >= 4 is 11.9 Å². The maximum absolute atomic E-state index is 12.3. The molecule has 0 unspecified atom stereocenters. The Hall–Kier alpha value is -2.70. The number of hydrogen-bond acceptors (Lipinski definition) is 4. The number of carbonyl (C=O) groups excluding carboxylic acids is 1. The van der Waals surface area contributed by atoms with Crippen molar-refractivity contribution in [3.05, 3.63) is 42.0 Å². The van der Waals surface area contributed by atoms with E-state index in [0.717, 1.165) is 11.3 Å². The average molecular weight is 288 g/mol. The highest BCUT2D eigenvalue weighted by molar-refractivity contribution is 5.96. The second-order valence-corrected chi connectivity index (χ2v) is 4.55. The predicted molar refractivity (Wildman–Crippen MR) is 75.3 cm³/mol. The molecule has 0 spiro atoms. The van der Waals surface area contributed by atoms with E-state index >= 15 is 0 Å². The number of aromatic nitrogens is 3. The van der Waals surface area contributed by atoms with Gasteiger partial charge in [-0.15, -0.1) is 0 Å². The first kappa shape index (κ1) is 14.7. The van der Waals surface area contributed by atoms with Gasteiger partial charge in [-0.25, -0.2) is 9.67 Å². The van der Waals surface area contributed by atoms with Crippen molar-refractivity contribution in [1.82, 2.24) is 19.7 Å². The fourth-order valence-electron chi connectivity index (χ4n) is 2.05. The van der Waals surface area contributed by atoms with Crippen LogP contribution in [-0.4, -0.2) is 49.7 Å². The molecule has 0 aliphatic rings. The van der Waals surface area contributed by atoms with E-state index in [1.165, 1.54) is 11.2 Å². The van der Waals surface area contributed by atoms with Gasteiger partial charge in [0.25, 0.3) is 5.91 Å². The number of aryl methyl sites for hydroxylation is 1. The van der Waals surface area contributed by atoms with Gasteiger partial charge < -0.3 is 10.0 Å². The molecule has 0 saturated carbocycles. The van der Waals surface area contributed by atoms with E-state index in [1.54, 1.807) is 36.1 Å². The molecule has 7 heteroatoms. The van der Waals surface area contributed by atoms with Gasteiger partial charge in [-0.3, -0.25) is 9.59 Å². The number of carboxylic acids is 1. The summed E-state index contributed by atoms with van der Waals surface area (Å²) in [5.74, 6) is -1.32. The van der Waals surface area contributed by atoms with Crippen molar-refractivity contribution in [2.45, 2.75) is 13.8 Å². The first-order chi connectivity index (χ1) is 10.0. The number of likely N-dealkylation sites (N-methyl/N-ethyl adjacent to an activating group) is 1. The van der Waals surface area contributed by atoms with Crippen LogP contribution in [0.1, 0.15) is 22.8 Å². The Balaban J connectivity index is 2.27. The zero-order chi connectivity index (χ0) is 15.4. The molecule has 2 aromatic rings. The van der Waals surface area contributed by atoms with Gasteiger partial charge in [0.2, 0.25) is 0 Å². The molecule has 7 nitrogen and oxygen atoms in total. The molecular formula is C14H16N4O3. The summed E-state index contributed by atoms with van der Waals surface area (Å²) in [6, 6.07) is 5.16. The summed E-state index contributed by atoms with van der Waals surface area (Å²) in [7, 11) is 0. The molecule has 1 heterocycles. The van der Waals surface area contributed by atoms with Crippen LogP contribution < -0.4 is 0 Å². The summed E-state index contributed by atoms with van der Waals surface area (Å²) in [4.78, 5) is 28.2. The van der Waals surface area contributed by atoms with Crippen LogP contribution in [-0.2, 0) is 4.79 Å². The number of nitrogens with zero attached hydrogens (tertiary/aromatic N) is 4. The van der Waals surface area contributed by atoms with Gasteiger partial charge in [-0.1, -0.05) is 0 Å². The lowest BCUT2D eigenvalue weighted by Gasteiger charge is -2.19. The van der Waals surface area contributed by atoms with Crippen molar-refractivity contribution < 1.29 is 14.7 Å². The number of amides is 1. The summed E-state index contributed by atoms with van der Waals surface area (Å²) < 4.78 is 1.61. The Labute approximate surface area is 121 Å². The Morgan fingerprint density at radius 1 is 1.38 bits per heavy atom. The van der Waals surface area contributed by atoms with Crippen molar-refractivity contribution in [3.63, 3.8) is 0 Å². The van der Waals surface area contributed by atoms with Gasteiger partial charge in [0.05, 0.1) is 5.69 Å². The molecule has 0 atom stereocenters. The highest BCUT2D eigenvalue weighted by Gasteiger charge is 2.17. The minimum absolute atomic E-state index is 0.298. The number of carbonyl (C=O) groups is 2. The Morgan fingerprint density at radius 2 is 2.14 bits per heavy atom. The fourth-order valence-corrected chi connectivity index (χ4v) is 2.05. The van der Waals surface area contributed by atoms with Gasteiger partial charge in [0.1, 0.15) is 19.2 Å². The lowest BCUT2D eigenvalue weighted by molar-refractivity contribution is -0.137. The van der Waals surface area contributed by atoms with E-state index in [-0.39, 0.29) is 12.5 Å². The number of rotatable bonds is 5. The lowest BCUT2D eigenvalue weighted by atomic mass is 10.1. The van der Waals surface area contributed by atoms with Crippen molar-refractivity contribution in [3.8, 4) is 5.69 Å². The Bertz CT molecular complexity index is 652. The Morgan fingerprint density at radius 3 is 2.67 bits per heavy atom. The topological polar surface area (TPSA) is 88.3 Å². The third-order valence-electron chi connectivity index (χ3n) is 3.10. The normalized spacial score (nSPS) is 10.4. The maximum atomic E-state index is 12.3. The van der Waals surface area contributed by atoms with Crippen molar-refractivity contribution in [2.24, 2.45) is 0 Å². The van der Waals surface area contributed by atoms with Gasteiger partial charge >= 0.3 is 5.97 Å². The third-order valence-corrected chi connectivity index (χ3v) is 3.10. The predicted octanol–water partition coefficient (Wildman–Crippen LogP) is 1.12. The Kier molecular flexibility index (Phi) is 4.32. The van der Waals surface area contributed by atoms with Gasteiger partial charge in [0.15, 0.2) is 0 Å². The molecule has 0 aliphatic heterocycles. The number of aliphatic carboxylic acids is 1. The highest BCUT2D eigenvalue weighted by atomic mass is 16.4. The van der Waals surface area contributed by atoms with E-state index in [2.05, 4.69) is 10.1 Å². The molecule has 0 bridgehead atoms. The van der Waals surface area contributed by atoms with E-state index < -0.39 is 5.97 Å². The smallest absolute Gasteiger partial charge is 0.323 e. The molecule has 1 aromatic carbocycles. The van der Waals surface area contributed by atoms with Crippen LogP contribution in [0.25, 0.3) is 5.69 Å². The van der Waals surface area contributed by atoms with Gasteiger partial charge in [-0.05, 0) is 37.6 Å². The van der Waals surface area contributed by atoms with Crippen LogP contribution in [0.4, 0.5) is 0 Å². The number of carboxylic acid groups (broad SMARTS) is 1. The minimum atomic E-state index is -1.03. The van der Waals surface area contributed by atoms with E-state index in [9.17, 15) is 9.59 Å². The molecule has 1 aromatic heterocycles. The SMILES string of the molecule is CCN(CC(=O)O)C(=O)c1ccc(-n2cncn2)c(C)c1. The van der Waals surface area contributed by atoms with E-state index in [4.69, 9.17) is 5.11 Å². The monoisotopic (exact) mass is 288 g/mol.